The third kappa shape index (κ3) is 3.10. The molecular weight excluding hydrogens is 195 g/mol. The maximum atomic E-state index is 11.0. The van der Waals surface area contributed by atoms with Gasteiger partial charge in [-0.25, -0.2) is 0 Å². The van der Waals surface area contributed by atoms with E-state index < -0.39 is 18.7 Å². The zero-order chi connectivity index (χ0) is 10.7. The van der Waals surface area contributed by atoms with E-state index in [2.05, 4.69) is 4.74 Å². The van der Waals surface area contributed by atoms with Crippen molar-refractivity contribution in [3.8, 4) is 0 Å². The summed E-state index contributed by atoms with van der Waals surface area (Å²) in [5.74, 6) is -0.604. The Kier molecular flexibility index (Phi) is 4.10. The molecule has 0 heterocycles. The van der Waals surface area contributed by atoms with Crippen molar-refractivity contribution < 1.29 is 23.9 Å². The molecular formula is C7H15O5P. The lowest BCUT2D eigenvalue weighted by atomic mass is 10.0. The van der Waals surface area contributed by atoms with Gasteiger partial charge in [-0.2, -0.15) is 0 Å². The van der Waals surface area contributed by atoms with Crippen molar-refractivity contribution in [2.75, 3.05) is 7.11 Å². The molecule has 0 aliphatic carbocycles. The smallest absolute Gasteiger partial charge is 0.331 e. The molecule has 0 amide bonds. The number of ether oxygens (including phenoxy) is 1. The highest BCUT2D eigenvalue weighted by atomic mass is 31.2. The molecule has 0 spiro atoms. The van der Waals surface area contributed by atoms with Gasteiger partial charge in [0.2, 0.25) is 0 Å². The number of carbonyl (C=O) groups is 1. The fourth-order valence-electron chi connectivity index (χ4n) is 0.817. The van der Waals surface area contributed by atoms with Crippen molar-refractivity contribution in [2.24, 2.45) is 0 Å². The van der Waals surface area contributed by atoms with E-state index in [0.717, 1.165) is 0 Å². The summed E-state index contributed by atoms with van der Waals surface area (Å²) in [4.78, 5) is 28.8. The lowest BCUT2D eigenvalue weighted by Crippen LogP contribution is -2.28. The minimum atomic E-state index is -4.26. The number of hydrogen-bond donors (Lipinski definition) is 2. The second kappa shape index (κ2) is 4.22. The number of methoxy groups -OCH3 is 1. The molecule has 2 N–H and O–H groups in total. The van der Waals surface area contributed by atoms with Crippen LogP contribution >= 0.6 is 7.60 Å². The normalized spacial score (nSPS) is 16.4. The Morgan fingerprint density at radius 2 is 2.00 bits per heavy atom. The summed E-state index contributed by atoms with van der Waals surface area (Å²) < 4.78 is 15.4. The van der Waals surface area contributed by atoms with Gasteiger partial charge in [0, 0.05) is 0 Å². The highest BCUT2D eigenvalue weighted by molar-refractivity contribution is 7.53. The van der Waals surface area contributed by atoms with Crippen LogP contribution in [0.1, 0.15) is 26.7 Å². The Hall–Kier alpha value is -0.380. The molecule has 78 valence electrons. The fraction of sp³-hybridized carbons (Fsp3) is 0.857. The van der Waals surface area contributed by atoms with E-state index in [1.165, 1.54) is 14.0 Å². The van der Waals surface area contributed by atoms with E-state index in [-0.39, 0.29) is 12.8 Å². The van der Waals surface area contributed by atoms with Crippen LogP contribution in [-0.4, -0.2) is 28.0 Å². The van der Waals surface area contributed by atoms with Gasteiger partial charge in [-0.05, 0) is 13.3 Å². The summed E-state index contributed by atoms with van der Waals surface area (Å²) in [6.45, 7) is 3.01. The molecule has 0 aliphatic heterocycles. The van der Waals surface area contributed by atoms with Crippen LogP contribution in [0.3, 0.4) is 0 Å². The minimum absolute atomic E-state index is 0.229. The third-order valence-electron chi connectivity index (χ3n) is 2.22. The minimum Gasteiger partial charge on any atom is -0.469 e. The van der Waals surface area contributed by atoms with Crippen LogP contribution in [-0.2, 0) is 14.1 Å². The van der Waals surface area contributed by atoms with Crippen molar-refractivity contribution in [2.45, 2.75) is 31.8 Å². The summed E-state index contributed by atoms with van der Waals surface area (Å²) in [6.07, 6.45) is -0.0311. The second-order valence-corrected chi connectivity index (χ2v) is 5.32. The molecule has 0 saturated heterocycles. The van der Waals surface area contributed by atoms with Crippen LogP contribution in [0.2, 0.25) is 0 Å². The van der Waals surface area contributed by atoms with Gasteiger partial charge in [0.15, 0.2) is 0 Å². The summed E-state index contributed by atoms with van der Waals surface area (Å²) in [6, 6.07) is 0. The predicted octanol–water partition coefficient (Wildman–Crippen LogP) is 0.896. The van der Waals surface area contributed by atoms with E-state index in [4.69, 9.17) is 9.79 Å². The molecule has 5 nitrogen and oxygen atoms in total. The Morgan fingerprint density at radius 1 is 1.54 bits per heavy atom. The molecule has 1 atom stereocenters. The molecule has 0 rings (SSSR count). The summed E-state index contributed by atoms with van der Waals surface area (Å²) in [5, 5.41) is -1.31. The molecule has 1 unspecified atom stereocenters. The highest BCUT2D eigenvalue weighted by Gasteiger charge is 2.42. The summed E-state index contributed by atoms with van der Waals surface area (Å²) >= 11 is 0. The average Bonchev–Trinajstić information content (AvgIpc) is 2.02. The zero-order valence-corrected chi connectivity index (χ0v) is 8.88. The van der Waals surface area contributed by atoms with Gasteiger partial charge in [0.05, 0.1) is 18.7 Å². The highest BCUT2D eigenvalue weighted by Crippen LogP contribution is 2.54. The monoisotopic (exact) mass is 210 g/mol. The third-order valence-corrected chi connectivity index (χ3v) is 4.10. The lowest BCUT2D eigenvalue weighted by Gasteiger charge is -2.27. The van der Waals surface area contributed by atoms with Gasteiger partial charge >= 0.3 is 13.6 Å². The first kappa shape index (κ1) is 12.6. The number of esters is 1. The lowest BCUT2D eigenvalue weighted by molar-refractivity contribution is -0.141. The first-order chi connectivity index (χ1) is 5.77. The molecule has 6 heteroatoms. The topological polar surface area (TPSA) is 83.8 Å². The van der Waals surface area contributed by atoms with E-state index in [1.807, 2.05) is 0 Å². The Labute approximate surface area is 77.3 Å². The number of carbonyl (C=O) groups excluding carboxylic acids is 1. The molecule has 0 aromatic rings. The largest absolute Gasteiger partial charge is 0.469 e. The Bertz CT molecular complexity index is 233. The fourth-order valence-corrected chi connectivity index (χ4v) is 1.56. The number of hydrogen-bond acceptors (Lipinski definition) is 3. The van der Waals surface area contributed by atoms with Crippen LogP contribution in [0.25, 0.3) is 0 Å². The Balaban J connectivity index is 4.66. The molecule has 0 aromatic heterocycles. The van der Waals surface area contributed by atoms with Crippen LogP contribution < -0.4 is 0 Å². The molecule has 0 fully saturated rings. The van der Waals surface area contributed by atoms with E-state index >= 15 is 0 Å². The van der Waals surface area contributed by atoms with Gasteiger partial charge < -0.3 is 14.5 Å². The molecule has 0 saturated carbocycles. The zero-order valence-electron chi connectivity index (χ0n) is 7.98. The van der Waals surface area contributed by atoms with Crippen molar-refractivity contribution in [3.63, 3.8) is 0 Å². The van der Waals surface area contributed by atoms with Crippen molar-refractivity contribution in [1.82, 2.24) is 0 Å². The first-order valence-electron chi connectivity index (χ1n) is 3.89. The van der Waals surface area contributed by atoms with Gasteiger partial charge in [-0.3, -0.25) is 9.36 Å². The van der Waals surface area contributed by atoms with Crippen LogP contribution in [0, 0.1) is 0 Å². The summed E-state index contributed by atoms with van der Waals surface area (Å²) in [7, 11) is -3.06. The van der Waals surface area contributed by atoms with E-state index in [0.29, 0.717) is 0 Å². The van der Waals surface area contributed by atoms with E-state index in [1.54, 1.807) is 6.92 Å². The Morgan fingerprint density at radius 3 is 2.23 bits per heavy atom. The van der Waals surface area contributed by atoms with Crippen molar-refractivity contribution >= 4 is 13.6 Å². The maximum Gasteiger partial charge on any atom is 0.331 e. The molecule has 0 aliphatic rings. The van der Waals surface area contributed by atoms with Crippen LogP contribution in [0.15, 0.2) is 0 Å². The van der Waals surface area contributed by atoms with Gasteiger partial charge in [-0.1, -0.05) is 6.92 Å². The molecule has 0 radical (unpaired) electrons. The maximum absolute atomic E-state index is 11.0. The molecule has 0 bridgehead atoms. The SMILES string of the molecule is CCC(C)(CC(=O)OC)P(=O)(O)O. The second-order valence-electron chi connectivity index (χ2n) is 3.15. The summed E-state index contributed by atoms with van der Waals surface area (Å²) in [5.41, 5.74) is 0. The first-order valence-corrected chi connectivity index (χ1v) is 5.50. The average molecular weight is 210 g/mol. The molecule has 13 heavy (non-hydrogen) atoms. The van der Waals surface area contributed by atoms with Gasteiger partial charge in [0.25, 0.3) is 0 Å². The molecule has 0 aromatic carbocycles. The quantitative estimate of drug-likeness (QED) is 0.532. The van der Waals surface area contributed by atoms with E-state index in [9.17, 15) is 9.36 Å². The van der Waals surface area contributed by atoms with Crippen molar-refractivity contribution in [3.05, 3.63) is 0 Å². The van der Waals surface area contributed by atoms with Crippen LogP contribution in [0.4, 0.5) is 0 Å². The van der Waals surface area contributed by atoms with Gasteiger partial charge in [0.1, 0.15) is 0 Å². The van der Waals surface area contributed by atoms with Crippen LogP contribution in [0.5, 0.6) is 0 Å². The van der Waals surface area contributed by atoms with Gasteiger partial charge in [-0.15, -0.1) is 0 Å². The predicted molar refractivity (Wildman–Crippen MR) is 47.4 cm³/mol. The number of rotatable bonds is 4. The standard InChI is InChI=1S/C7H15O5P/c1-4-7(2,13(9,10)11)5-6(8)12-3/h4-5H2,1-3H3,(H2,9,10,11). The van der Waals surface area contributed by atoms with Crippen molar-refractivity contribution in [1.29, 1.82) is 0 Å².